The minimum Gasteiger partial charge on any atom is -0.277 e. The molecule has 0 saturated carbocycles. The topological polar surface area (TPSA) is 92.3 Å². The first kappa shape index (κ1) is 20.8. The fourth-order valence-electron chi connectivity index (χ4n) is 2.30. The number of rotatable bonds is 6. The Kier molecular flexibility index (Phi) is 6.13. The first-order valence-corrected chi connectivity index (χ1v) is 12.4. The van der Waals surface area contributed by atoms with Crippen molar-refractivity contribution in [2.45, 2.75) is 9.79 Å². The number of nitrogens with one attached hydrogen (secondary N) is 2. The van der Waals surface area contributed by atoms with E-state index >= 15 is 0 Å². The molecule has 0 saturated heterocycles. The first-order valence-electron chi connectivity index (χ1n) is 7.83. The number of halogens is 2. The van der Waals surface area contributed by atoms with Crippen LogP contribution in [0.4, 0.5) is 11.4 Å². The van der Waals surface area contributed by atoms with Crippen LogP contribution in [0, 0.1) is 0 Å². The Bertz CT molecular complexity index is 1100. The fraction of sp³-hybridized carbons (Fsp3) is 0. The molecule has 0 radical (unpaired) electrons. The van der Waals surface area contributed by atoms with Crippen molar-refractivity contribution in [2.24, 2.45) is 0 Å². The van der Waals surface area contributed by atoms with Crippen LogP contribution in [0.1, 0.15) is 0 Å². The third kappa shape index (κ3) is 4.93. The molecule has 3 aromatic carbocycles. The highest BCUT2D eigenvalue weighted by molar-refractivity contribution is 9.10. The molecule has 28 heavy (non-hydrogen) atoms. The fourth-order valence-corrected chi connectivity index (χ4v) is 4.98. The first-order chi connectivity index (χ1) is 13.2. The van der Waals surface area contributed by atoms with Crippen molar-refractivity contribution in [2.75, 3.05) is 9.44 Å². The molecule has 10 heteroatoms. The summed E-state index contributed by atoms with van der Waals surface area (Å²) in [7, 11) is -7.78. The largest absolute Gasteiger partial charge is 0.277 e. The van der Waals surface area contributed by atoms with Gasteiger partial charge < -0.3 is 0 Å². The molecule has 3 aromatic rings. The number of benzene rings is 3. The molecule has 0 aliphatic rings. The van der Waals surface area contributed by atoms with Crippen LogP contribution in [-0.4, -0.2) is 16.8 Å². The molecule has 0 fully saturated rings. The van der Waals surface area contributed by atoms with Crippen molar-refractivity contribution in [3.05, 3.63) is 81.7 Å². The maximum Gasteiger partial charge on any atom is 0.261 e. The summed E-state index contributed by atoms with van der Waals surface area (Å²) in [4.78, 5) is 0.113. The summed E-state index contributed by atoms with van der Waals surface area (Å²) < 4.78 is 56.9. The second kappa shape index (κ2) is 8.24. The highest BCUT2D eigenvalue weighted by Gasteiger charge is 2.19. The SMILES string of the molecule is O=S(=O)(Nc1ccccc1NS(=O)(=O)c1ccc(Br)cc1)c1ccc(Br)cc1. The van der Waals surface area contributed by atoms with Crippen LogP contribution in [-0.2, 0) is 20.0 Å². The molecule has 6 nitrogen and oxygen atoms in total. The molecule has 0 aliphatic heterocycles. The van der Waals surface area contributed by atoms with E-state index in [1.807, 2.05) is 0 Å². The summed E-state index contributed by atoms with van der Waals surface area (Å²) in [5.41, 5.74) is 0.234. The van der Waals surface area contributed by atoms with Crippen molar-refractivity contribution >= 4 is 63.3 Å². The molecule has 2 N–H and O–H groups in total. The van der Waals surface area contributed by atoms with Gasteiger partial charge in [0.1, 0.15) is 0 Å². The predicted octanol–water partition coefficient (Wildman–Crippen LogP) is 4.81. The lowest BCUT2D eigenvalue weighted by Crippen LogP contribution is -2.17. The smallest absolute Gasteiger partial charge is 0.261 e. The molecule has 146 valence electrons. The maximum atomic E-state index is 12.6. The molecule has 0 atom stereocenters. The van der Waals surface area contributed by atoms with Gasteiger partial charge >= 0.3 is 0 Å². The molecular weight excluding hydrogens is 532 g/mol. The molecule has 0 heterocycles. The number of sulfonamides is 2. The third-order valence-electron chi connectivity index (χ3n) is 3.66. The molecule has 0 aliphatic carbocycles. The number of hydrogen-bond acceptors (Lipinski definition) is 4. The van der Waals surface area contributed by atoms with Gasteiger partial charge in [0.2, 0.25) is 0 Å². The zero-order valence-corrected chi connectivity index (χ0v) is 18.9. The quantitative estimate of drug-likeness (QED) is 0.464. The Morgan fingerprint density at radius 1 is 0.536 bits per heavy atom. The van der Waals surface area contributed by atoms with Crippen LogP contribution in [0.2, 0.25) is 0 Å². The number of anilines is 2. The number of para-hydroxylation sites is 2. The highest BCUT2D eigenvalue weighted by atomic mass is 79.9. The van der Waals surface area contributed by atoms with E-state index in [9.17, 15) is 16.8 Å². The van der Waals surface area contributed by atoms with E-state index in [1.54, 1.807) is 36.4 Å². The van der Waals surface area contributed by atoms with Crippen LogP contribution in [0.5, 0.6) is 0 Å². The van der Waals surface area contributed by atoms with E-state index in [-0.39, 0.29) is 21.2 Å². The van der Waals surface area contributed by atoms with E-state index in [2.05, 4.69) is 41.3 Å². The lowest BCUT2D eigenvalue weighted by Gasteiger charge is -2.14. The van der Waals surface area contributed by atoms with Gasteiger partial charge in [-0.3, -0.25) is 9.44 Å². The van der Waals surface area contributed by atoms with Crippen LogP contribution in [0.25, 0.3) is 0 Å². The van der Waals surface area contributed by atoms with E-state index in [0.29, 0.717) is 0 Å². The molecule has 0 amide bonds. The van der Waals surface area contributed by atoms with Gasteiger partial charge in [0.05, 0.1) is 21.2 Å². The second-order valence-corrected chi connectivity index (χ2v) is 10.9. The van der Waals surface area contributed by atoms with E-state index < -0.39 is 20.0 Å². The Morgan fingerprint density at radius 2 is 0.857 bits per heavy atom. The van der Waals surface area contributed by atoms with Gasteiger partial charge in [-0.25, -0.2) is 16.8 Å². The van der Waals surface area contributed by atoms with Crippen LogP contribution < -0.4 is 9.44 Å². The van der Waals surface area contributed by atoms with Gasteiger partial charge in [-0.2, -0.15) is 0 Å². The van der Waals surface area contributed by atoms with Crippen LogP contribution in [0.3, 0.4) is 0 Å². The lowest BCUT2D eigenvalue weighted by molar-refractivity contribution is 0.599. The Balaban J connectivity index is 1.91. The molecule has 0 aromatic heterocycles. The Labute approximate surface area is 180 Å². The zero-order chi connectivity index (χ0) is 20.4. The standard InChI is InChI=1S/C18H14Br2N2O4S2/c19-13-5-9-15(10-6-13)27(23,24)21-17-3-1-2-4-18(17)22-28(25,26)16-11-7-14(20)8-12-16/h1-12,21-22H. The van der Waals surface area contributed by atoms with Crippen molar-refractivity contribution in [1.29, 1.82) is 0 Å². The summed E-state index contributed by atoms with van der Waals surface area (Å²) in [5.74, 6) is 0. The van der Waals surface area contributed by atoms with Crippen molar-refractivity contribution in [3.8, 4) is 0 Å². The highest BCUT2D eigenvalue weighted by Crippen LogP contribution is 2.27. The van der Waals surface area contributed by atoms with E-state index in [4.69, 9.17) is 0 Å². The van der Waals surface area contributed by atoms with Gasteiger partial charge in [-0.1, -0.05) is 44.0 Å². The summed E-state index contributed by atoms with van der Waals surface area (Å²) in [6.07, 6.45) is 0. The average molecular weight is 546 g/mol. The van der Waals surface area contributed by atoms with Gasteiger partial charge in [0.25, 0.3) is 20.0 Å². The van der Waals surface area contributed by atoms with Crippen molar-refractivity contribution in [3.63, 3.8) is 0 Å². The summed E-state index contributed by atoms with van der Waals surface area (Å²) in [6.45, 7) is 0. The predicted molar refractivity (Wildman–Crippen MR) is 116 cm³/mol. The summed E-state index contributed by atoms with van der Waals surface area (Å²) in [6, 6.07) is 18.4. The van der Waals surface area contributed by atoms with Crippen molar-refractivity contribution < 1.29 is 16.8 Å². The van der Waals surface area contributed by atoms with Gasteiger partial charge in [-0.05, 0) is 60.7 Å². The summed E-state index contributed by atoms with van der Waals surface area (Å²) >= 11 is 6.51. The van der Waals surface area contributed by atoms with Gasteiger partial charge in [0, 0.05) is 8.95 Å². The molecule has 0 unspecified atom stereocenters. The summed E-state index contributed by atoms with van der Waals surface area (Å²) in [5, 5.41) is 0. The minimum absolute atomic E-state index is 0.0567. The minimum atomic E-state index is -3.89. The van der Waals surface area contributed by atoms with Gasteiger partial charge in [0.15, 0.2) is 0 Å². The normalized spacial score (nSPS) is 11.8. The second-order valence-electron chi connectivity index (χ2n) is 5.66. The van der Waals surface area contributed by atoms with E-state index in [0.717, 1.165) is 8.95 Å². The Hall–Kier alpha value is -1.88. The third-order valence-corrected chi connectivity index (χ3v) is 7.48. The van der Waals surface area contributed by atoms with Crippen LogP contribution >= 0.6 is 31.9 Å². The van der Waals surface area contributed by atoms with Crippen molar-refractivity contribution in [1.82, 2.24) is 0 Å². The maximum absolute atomic E-state index is 12.6. The van der Waals surface area contributed by atoms with Crippen LogP contribution in [0.15, 0.2) is 91.5 Å². The average Bonchev–Trinajstić information content (AvgIpc) is 2.64. The lowest BCUT2D eigenvalue weighted by atomic mass is 10.3. The molecular formula is C18H14Br2N2O4S2. The van der Waals surface area contributed by atoms with E-state index in [1.165, 1.54) is 36.4 Å². The zero-order valence-electron chi connectivity index (χ0n) is 14.1. The van der Waals surface area contributed by atoms with Gasteiger partial charge in [-0.15, -0.1) is 0 Å². The molecule has 0 bridgehead atoms. The molecule has 0 spiro atoms. The monoisotopic (exact) mass is 544 g/mol. The Morgan fingerprint density at radius 3 is 1.18 bits per heavy atom. The number of hydrogen-bond donors (Lipinski definition) is 2. The molecule has 3 rings (SSSR count).